The summed E-state index contributed by atoms with van der Waals surface area (Å²) < 4.78 is 21.3. The van der Waals surface area contributed by atoms with Gasteiger partial charge in [-0.3, -0.25) is 0 Å². The van der Waals surface area contributed by atoms with E-state index >= 15 is 0 Å². The van der Waals surface area contributed by atoms with Crippen LogP contribution in [0.25, 0.3) is 0 Å². The number of rotatable bonds is 5. The molecule has 0 amide bonds. The maximum Gasteiger partial charge on any atom is 0.356 e. The Morgan fingerprint density at radius 1 is 1.55 bits per heavy atom. The Balaban J connectivity index is 2.31. The zero-order valence-corrected chi connectivity index (χ0v) is 13.9. The monoisotopic (exact) mass is 369 g/mol. The van der Waals surface area contributed by atoms with Crippen LogP contribution in [0.15, 0.2) is 35.2 Å². The van der Waals surface area contributed by atoms with Crippen molar-refractivity contribution < 1.29 is 13.9 Å². The molecule has 0 saturated carbocycles. The average molecular weight is 370 g/mol. The second-order valence-corrected chi connectivity index (χ2v) is 6.08. The normalized spacial score (nSPS) is 13.7. The van der Waals surface area contributed by atoms with Crippen molar-refractivity contribution in [3.63, 3.8) is 0 Å². The van der Waals surface area contributed by atoms with Crippen LogP contribution in [0.5, 0.6) is 0 Å². The maximum atomic E-state index is 14.1. The largest absolute Gasteiger partial charge is 0.461 e. The Kier molecular flexibility index (Phi) is 4.97. The van der Waals surface area contributed by atoms with E-state index in [4.69, 9.17) is 10.5 Å². The fraction of sp³-hybridized carbons (Fsp3) is 0.333. The Bertz CT molecular complexity index is 685. The first-order chi connectivity index (χ1) is 10.3. The van der Waals surface area contributed by atoms with Crippen molar-refractivity contribution >= 4 is 21.9 Å². The van der Waals surface area contributed by atoms with Crippen LogP contribution in [-0.4, -0.2) is 22.1 Å². The summed E-state index contributed by atoms with van der Waals surface area (Å²) in [4.78, 5) is 15.8. The molecule has 2 aromatic rings. The van der Waals surface area contributed by atoms with Crippen LogP contribution in [0.2, 0.25) is 0 Å². The number of hydrogen-bond donors (Lipinski definition) is 1. The summed E-state index contributed by atoms with van der Waals surface area (Å²) in [6.45, 7) is 3.88. The molecule has 0 aliphatic heterocycles. The van der Waals surface area contributed by atoms with Crippen molar-refractivity contribution in [2.45, 2.75) is 25.9 Å². The molecule has 0 aliphatic carbocycles. The van der Waals surface area contributed by atoms with E-state index in [1.807, 2.05) is 0 Å². The first-order valence-electron chi connectivity index (χ1n) is 6.77. The van der Waals surface area contributed by atoms with Crippen molar-refractivity contribution in [2.75, 3.05) is 6.61 Å². The summed E-state index contributed by atoms with van der Waals surface area (Å²) in [5.74, 6) is -0.878. The number of imidazole rings is 1. The molecule has 5 nitrogen and oxygen atoms in total. The van der Waals surface area contributed by atoms with Gasteiger partial charge in [0.05, 0.1) is 24.7 Å². The van der Waals surface area contributed by atoms with E-state index in [1.165, 1.54) is 18.6 Å². The lowest BCUT2D eigenvalue weighted by atomic mass is 9.92. The first kappa shape index (κ1) is 16.6. The highest BCUT2D eigenvalue weighted by molar-refractivity contribution is 9.10. The van der Waals surface area contributed by atoms with Gasteiger partial charge in [-0.1, -0.05) is 15.9 Å². The number of nitrogens with two attached hydrogens (primary N) is 1. The minimum Gasteiger partial charge on any atom is -0.461 e. The zero-order chi connectivity index (χ0) is 16.3. The number of ether oxygens (including phenoxy) is 1. The molecule has 1 atom stereocenters. The number of aromatic nitrogens is 2. The van der Waals surface area contributed by atoms with Crippen LogP contribution in [0, 0.1) is 5.82 Å². The third-order valence-electron chi connectivity index (χ3n) is 3.24. The van der Waals surface area contributed by atoms with Crippen molar-refractivity contribution in [1.82, 2.24) is 9.55 Å². The molecule has 1 aromatic heterocycles. The van der Waals surface area contributed by atoms with Crippen LogP contribution in [-0.2, 0) is 16.8 Å². The molecule has 0 spiro atoms. The van der Waals surface area contributed by atoms with E-state index < -0.39 is 17.3 Å². The fourth-order valence-electron chi connectivity index (χ4n) is 2.20. The SMILES string of the molecule is CCOC(=O)c1cncn1C[C@](C)(N)c1cc(Br)ccc1F. The topological polar surface area (TPSA) is 70.1 Å². The predicted octanol–water partition coefficient (Wildman–Crippen LogP) is 2.84. The van der Waals surface area contributed by atoms with Gasteiger partial charge in [0, 0.05) is 16.6 Å². The summed E-state index contributed by atoms with van der Waals surface area (Å²) in [5, 5.41) is 0. The minimum absolute atomic E-state index is 0.189. The van der Waals surface area contributed by atoms with E-state index in [1.54, 1.807) is 30.5 Å². The van der Waals surface area contributed by atoms with Gasteiger partial charge in [-0.15, -0.1) is 0 Å². The lowest BCUT2D eigenvalue weighted by molar-refractivity contribution is 0.0512. The van der Waals surface area contributed by atoms with Crippen molar-refractivity contribution in [3.05, 3.63) is 52.3 Å². The Labute approximate surface area is 136 Å². The Morgan fingerprint density at radius 3 is 2.95 bits per heavy atom. The lowest BCUT2D eigenvalue weighted by Gasteiger charge is -2.27. The molecule has 2 rings (SSSR count). The summed E-state index contributed by atoms with van der Waals surface area (Å²) in [5.41, 5.74) is 5.90. The van der Waals surface area contributed by atoms with Crippen LogP contribution in [0.4, 0.5) is 4.39 Å². The van der Waals surface area contributed by atoms with Gasteiger partial charge >= 0.3 is 5.97 Å². The van der Waals surface area contributed by atoms with Gasteiger partial charge in [-0.2, -0.15) is 0 Å². The van der Waals surface area contributed by atoms with Crippen molar-refractivity contribution in [3.8, 4) is 0 Å². The Morgan fingerprint density at radius 2 is 2.27 bits per heavy atom. The van der Waals surface area contributed by atoms with Crippen molar-refractivity contribution in [1.29, 1.82) is 0 Å². The van der Waals surface area contributed by atoms with Gasteiger partial charge in [0.25, 0.3) is 0 Å². The molecule has 0 unspecified atom stereocenters. The molecule has 1 heterocycles. The third-order valence-corrected chi connectivity index (χ3v) is 3.73. The summed E-state index contributed by atoms with van der Waals surface area (Å²) in [6.07, 6.45) is 2.89. The number of halogens is 2. The van der Waals surface area contributed by atoms with Gasteiger partial charge in [0.2, 0.25) is 0 Å². The second-order valence-electron chi connectivity index (χ2n) is 5.17. The smallest absolute Gasteiger partial charge is 0.356 e. The minimum atomic E-state index is -1.02. The van der Waals surface area contributed by atoms with E-state index in [2.05, 4.69) is 20.9 Å². The van der Waals surface area contributed by atoms with Gasteiger partial charge in [0.15, 0.2) is 0 Å². The highest BCUT2D eigenvalue weighted by atomic mass is 79.9. The van der Waals surface area contributed by atoms with E-state index in [9.17, 15) is 9.18 Å². The highest BCUT2D eigenvalue weighted by Crippen LogP contribution is 2.26. The summed E-state index contributed by atoms with van der Waals surface area (Å²) in [7, 11) is 0. The fourth-order valence-corrected chi connectivity index (χ4v) is 2.56. The molecule has 0 aliphatic rings. The van der Waals surface area contributed by atoms with Crippen LogP contribution in [0.1, 0.15) is 29.9 Å². The third kappa shape index (κ3) is 3.53. The van der Waals surface area contributed by atoms with Gasteiger partial charge in [-0.25, -0.2) is 14.2 Å². The van der Waals surface area contributed by atoms with Crippen LogP contribution in [0.3, 0.4) is 0 Å². The maximum absolute atomic E-state index is 14.1. The molecule has 2 N–H and O–H groups in total. The van der Waals surface area contributed by atoms with Crippen LogP contribution < -0.4 is 5.73 Å². The lowest BCUT2D eigenvalue weighted by Crippen LogP contribution is -2.39. The molecular weight excluding hydrogens is 353 g/mol. The quantitative estimate of drug-likeness (QED) is 0.822. The molecule has 1 aromatic carbocycles. The summed E-state index contributed by atoms with van der Waals surface area (Å²) >= 11 is 3.31. The zero-order valence-electron chi connectivity index (χ0n) is 12.3. The molecule has 0 radical (unpaired) electrons. The highest BCUT2D eigenvalue weighted by Gasteiger charge is 2.27. The average Bonchev–Trinajstić information content (AvgIpc) is 2.89. The van der Waals surface area contributed by atoms with E-state index in [-0.39, 0.29) is 18.8 Å². The summed E-state index contributed by atoms with van der Waals surface area (Å²) in [6, 6.07) is 4.59. The Hall–Kier alpha value is -1.73. The number of carbonyl (C=O) groups is 1. The first-order valence-corrected chi connectivity index (χ1v) is 7.56. The molecule has 0 bridgehead atoms. The molecule has 0 fully saturated rings. The number of nitrogens with zero attached hydrogens (tertiary/aromatic N) is 2. The van der Waals surface area contributed by atoms with Gasteiger partial charge in [-0.05, 0) is 32.0 Å². The van der Waals surface area contributed by atoms with Gasteiger partial charge < -0.3 is 15.0 Å². The number of esters is 1. The van der Waals surface area contributed by atoms with Crippen molar-refractivity contribution in [2.24, 2.45) is 5.73 Å². The molecule has 118 valence electrons. The molecule has 22 heavy (non-hydrogen) atoms. The molecule has 0 saturated heterocycles. The standard InChI is InChI=1S/C15H17BrFN3O2/c1-3-22-14(21)13-7-19-9-20(13)8-15(2,18)11-6-10(16)4-5-12(11)17/h4-7,9H,3,8,18H2,1-2H3/t15-/m0/s1. The second kappa shape index (κ2) is 6.58. The van der Waals surface area contributed by atoms with Gasteiger partial charge in [0.1, 0.15) is 11.5 Å². The predicted molar refractivity (Wildman–Crippen MR) is 83.8 cm³/mol. The van der Waals surface area contributed by atoms with E-state index in [0.717, 1.165) is 4.47 Å². The number of hydrogen-bond acceptors (Lipinski definition) is 4. The molecule has 7 heteroatoms. The number of carbonyl (C=O) groups excluding carboxylic acids is 1. The van der Waals surface area contributed by atoms with Crippen LogP contribution >= 0.6 is 15.9 Å². The molecular formula is C15H17BrFN3O2. The van der Waals surface area contributed by atoms with E-state index in [0.29, 0.717) is 5.56 Å². The number of benzene rings is 1.